The molecule has 0 atom stereocenters. The molecule has 0 aliphatic carbocycles. The summed E-state index contributed by atoms with van der Waals surface area (Å²) in [6.45, 7) is 14.1. The summed E-state index contributed by atoms with van der Waals surface area (Å²) >= 11 is 0. The molecule has 0 amide bonds. The van der Waals surface area contributed by atoms with Crippen molar-refractivity contribution in [3.63, 3.8) is 0 Å². The van der Waals surface area contributed by atoms with Gasteiger partial charge in [0, 0.05) is 0 Å². The average molecular weight is 357 g/mol. The van der Waals surface area contributed by atoms with Crippen molar-refractivity contribution in [3.8, 4) is 11.1 Å². The lowest BCUT2D eigenvalue weighted by Gasteiger charge is -2.09. The van der Waals surface area contributed by atoms with Crippen LogP contribution in [0.3, 0.4) is 0 Å². The van der Waals surface area contributed by atoms with Crippen LogP contribution in [-0.2, 0) is 0 Å². The molecular weight excluding hydrogens is 324 g/mol. The maximum absolute atomic E-state index is 3.94. The van der Waals surface area contributed by atoms with Crippen LogP contribution in [0.2, 0.25) is 0 Å². The Morgan fingerprint density at radius 1 is 0.778 bits per heavy atom. The Morgan fingerprint density at radius 2 is 1.33 bits per heavy atom. The molecule has 0 saturated carbocycles. The first-order chi connectivity index (χ1) is 13.2. The fourth-order valence-electron chi connectivity index (χ4n) is 2.78. The van der Waals surface area contributed by atoms with Gasteiger partial charge in [0.15, 0.2) is 0 Å². The molecule has 0 unspecified atom stereocenters. The van der Waals surface area contributed by atoms with Gasteiger partial charge < -0.3 is 0 Å². The van der Waals surface area contributed by atoms with Gasteiger partial charge in [-0.15, -0.1) is 0 Å². The van der Waals surface area contributed by atoms with Crippen molar-refractivity contribution in [2.24, 2.45) is 0 Å². The SMILES string of the molecule is C=C/C(=C\C=C/C)c1cccc(-c2cccc(C(/C=C\C)=C/C)c2)c1.CC. The van der Waals surface area contributed by atoms with Gasteiger partial charge in [0.2, 0.25) is 0 Å². The number of benzene rings is 2. The zero-order chi connectivity index (χ0) is 20.1. The van der Waals surface area contributed by atoms with Crippen molar-refractivity contribution >= 4 is 11.1 Å². The summed E-state index contributed by atoms with van der Waals surface area (Å²) in [5.74, 6) is 0. The first-order valence-corrected chi connectivity index (χ1v) is 9.69. The summed E-state index contributed by atoms with van der Waals surface area (Å²) in [5.41, 5.74) is 7.20. The van der Waals surface area contributed by atoms with Crippen LogP contribution in [0.15, 0.2) is 97.6 Å². The second kappa shape index (κ2) is 12.5. The quantitative estimate of drug-likeness (QED) is 0.455. The maximum atomic E-state index is 3.94. The molecule has 0 aromatic heterocycles. The smallest absolute Gasteiger partial charge is 0.0178 e. The molecule has 0 nitrogen and oxygen atoms in total. The van der Waals surface area contributed by atoms with E-state index >= 15 is 0 Å². The van der Waals surface area contributed by atoms with Crippen LogP contribution in [0, 0.1) is 0 Å². The van der Waals surface area contributed by atoms with Crippen LogP contribution in [0.4, 0.5) is 0 Å². The molecule has 0 heteroatoms. The third-order valence-corrected chi connectivity index (χ3v) is 4.07. The van der Waals surface area contributed by atoms with E-state index in [2.05, 4.69) is 86.3 Å². The zero-order valence-corrected chi connectivity index (χ0v) is 17.4. The van der Waals surface area contributed by atoms with Crippen molar-refractivity contribution in [2.45, 2.75) is 34.6 Å². The van der Waals surface area contributed by atoms with Crippen LogP contribution in [0.1, 0.15) is 45.7 Å². The van der Waals surface area contributed by atoms with Gasteiger partial charge in [0.1, 0.15) is 0 Å². The standard InChI is InChI=1S/C25H26.C2H6/c1-5-9-13-21(8-4)23-15-11-17-25(19-23)24-16-10-14-22(18-24)20(7-3)12-6-2;1-2/h5-19H,4H2,1-3H3;1-2H3/b9-5-,12-6-,20-7+,21-13+;. The predicted octanol–water partition coefficient (Wildman–Crippen LogP) is 8.50. The lowest BCUT2D eigenvalue weighted by atomic mass is 9.96. The number of rotatable bonds is 6. The van der Waals surface area contributed by atoms with Crippen molar-refractivity contribution in [3.05, 3.63) is 109 Å². The van der Waals surface area contributed by atoms with Crippen LogP contribution < -0.4 is 0 Å². The molecule has 0 bridgehead atoms. The summed E-state index contributed by atoms with van der Waals surface area (Å²) in [5, 5.41) is 0. The summed E-state index contributed by atoms with van der Waals surface area (Å²) in [7, 11) is 0. The Labute approximate surface area is 166 Å². The van der Waals surface area contributed by atoms with Crippen molar-refractivity contribution in [2.75, 3.05) is 0 Å². The minimum Gasteiger partial charge on any atom is -0.0984 e. The average Bonchev–Trinajstić information content (AvgIpc) is 2.74. The van der Waals surface area contributed by atoms with Gasteiger partial charge in [0.25, 0.3) is 0 Å². The third kappa shape index (κ3) is 6.42. The van der Waals surface area contributed by atoms with Gasteiger partial charge in [-0.1, -0.05) is 99.4 Å². The molecule has 0 saturated heterocycles. The molecule has 0 aliphatic rings. The van der Waals surface area contributed by atoms with Crippen LogP contribution in [-0.4, -0.2) is 0 Å². The maximum Gasteiger partial charge on any atom is -0.0178 e. The topological polar surface area (TPSA) is 0 Å². The van der Waals surface area contributed by atoms with Gasteiger partial charge >= 0.3 is 0 Å². The molecule has 0 aliphatic heterocycles. The number of hydrogen-bond donors (Lipinski definition) is 0. The van der Waals surface area contributed by atoms with E-state index in [0.29, 0.717) is 0 Å². The molecule has 0 fully saturated rings. The first-order valence-electron chi connectivity index (χ1n) is 9.69. The highest BCUT2D eigenvalue weighted by atomic mass is 14.1. The highest BCUT2D eigenvalue weighted by Gasteiger charge is 2.04. The van der Waals surface area contributed by atoms with Crippen LogP contribution in [0.25, 0.3) is 22.3 Å². The Morgan fingerprint density at radius 3 is 1.78 bits per heavy atom. The monoisotopic (exact) mass is 356 g/mol. The van der Waals surface area contributed by atoms with Crippen LogP contribution >= 0.6 is 0 Å². The lowest BCUT2D eigenvalue weighted by Crippen LogP contribution is -1.86. The third-order valence-electron chi connectivity index (χ3n) is 4.07. The Kier molecular flexibility index (Phi) is 10.3. The zero-order valence-electron chi connectivity index (χ0n) is 17.4. The van der Waals surface area contributed by atoms with E-state index in [1.807, 2.05) is 45.9 Å². The second-order valence-corrected chi connectivity index (χ2v) is 5.76. The Balaban J connectivity index is 0.00000176. The van der Waals surface area contributed by atoms with Gasteiger partial charge in [-0.2, -0.15) is 0 Å². The number of hydrogen-bond acceptors (Lipinski definition) is 0. The van der Waals surface area contributed by atoms with E-state index in [1.54, 1.807) is 0 Å². The van der Waals surface area contributed by atoms with E-state index in [0.717, 1.165) is 5.57 Å². The normalized spacial score (nSPS) is 12.2. The molecule has 2 aromatic rings. The Hall–Kier alpha value is -2.86. The summed E-state index contributed by atoms with van der Waals surface area (Å²) < 4.78 is 0. The minimum absolute atomic E-state index is 1.12. The predicted molar refractivity (Wildman–Crippen MR) is 125 cm³/mol. The molecule has 27 heavy (non-hydrogen) atoms. The summed E-state index contributed by atoms with van der Waals surface area (Å²) in [6, 6.07) is 17.3. The Bertz CT molecular complexity index is 842. The fourth-order valence-corrected chi connectivity index (χ4v) is 2.78. The molecule has 140 valence electrons. The molecule has 0 spiro atoms. The lowest BCUT2D eigenvalue weighted by molar-refractivity contribution is 1.50. The molecular formula is C27H32. The molecule has 2 aromatic carbocycles. The largest absolute Gasteiger partial charge is 0.0984 e. The van der Waals surface area contributed by atoms with E-state index in [4.69, 9.17) is 0 Å². The van der Waals surface area contributed by atoms with Gasteiger partial charge in [-0.25, -0.2) is 0 Å². The second-order valence-electron chi connectivity index (χ2n) is 5.76. The summed E-state index contributed by atoms with van der Waals surface area (Å²) in [6.07, 6.45) is 14.4. The van der Waals surface area contributed by atoms with Crippen molar-refractivity contribution < 1.29 is 0 Å². The molecule has 0 N–H and O–H groups in total. The molecule has 2 rings (SSSR count). The molecule has 0 heterocycles. The first kappa shape index (κ1) is 22.2. The highest BCUT2D eigenvalue weighted by Crippen LogP contribution is 2.27. The van der Waals surface area contributed by atoms with Gasteiger partial charge in [0.05, 0.1) is 0 Å². The van der Waals surface area contributed by atoms with Crippen molar-refractivity contribution in [1.82, 2.24) is 0 Å². The van der Waals surface area contributed by atoms with E-state index in [-0.39, 0.29) is 0 Å². The highest BCUT2D eigenvalue weighted by molar-refractivity contribution is 5.80. The summed E-state index contributed by atoms with van der Waals surface area (Å²) in [4.78, 5) is 0. The van der Waals surface area contributed by atoms with Gasteiger partial charge in [-0.3, -0.25) is 0 Å². The van der Waals surface area contributed by atoms with E-state index in [1.165, 1.54) is 27.8 Å². The molecule has 0 radical (unpaired) electrons. The number of allylic oxidation sites excluding steroid dienone is 9. The van der Waals surface area contributed by atoms with E-state index in [9.17, 15) is 0 Å². The minimum atomic E-state index is 1.12. The fraction of sp³-hybridized carbons (Fsp3) is 0.185. The van der Waals surface area contributed by atoms with Crippen LogP contribution in [0.5, 0.6) is 0 Å². The van der Waals surface area contributed by atoms with Crippen molar-refractivity contribution in [1.29, 1.82) is 0 Å². The van der Waals surface area contributed by atoms with E-state index < -0.39 is 0 Å². The van der Waals surface area contributed by atoms with Gasteiger partial charge in [-0.05, 0) is 66.3 Å².